The summed E-state index contributed by atoms with van der Waals surface area (Å²) in [5.41, 5.74) is 1.22. The van der Waals surface area contributed by atoms with E-state index in [1.54, 1.807) is 12.1 Å². The van der Waals surface area contributed by atoms with Crippen LogP contribution in [0.3, 0.4) is 0 Å². The van der Waals surface area contributed by atoms with E-state index < -0.39 is 0 Å². The van der Waals surface area contributed by atoms with Gasteiger partial charge in [-0.2, -0.15) is 0 Å². The molecule has 1 nitrogen and oxygen atoms in total. The molecule has 0 aromatic heterocycles. The van der Waals surface area contributed by atoms with Crippen LogP contribution < -0.4 is 0 Å². The highest BCUT2D eigenvalue weighted by Gasteiger charge is 2.03. The standard InChI is InChI=1S/C9H11BrO/c1-6(2)8-4-3-7(11)5-9(8)10/h3-6,11H,1-2H3. The van der Waals surface area contributed by atoms with Crippen molar-refractivity contribution >= 4 is 15.9 Å². The second-order valence-corrected chi connectivity index (χ2v) is 3.71. The molecule has 11 heavy (non-hydrogen) atoms. The van der Waals surface area contributed by atoms with Crippen molar-refractivity contribution in [3.05, 3.63) is 28.2 Å². The maximum Gasteiger partial charge on any atom is 0.116 e. The van der Waals surface area contributed by atoms with E-state index in [0.717, 1.165) is 4.47 Å². The lowest BCUT2D eigenvalue weighted by atomic mass is 10.0. The normalized spacial score (nSPS) is 10.5. The molecule has 0 radical (unpaired) electrons. The van der Waals surface area contributed by atoms with Crippen molar-refractivity contribution in [3.63, 3.8) is 0 Å². The molecule has 0 atom stereocenters. The minimum absolute atomic E-state index is 0.307. The zero-order chi connectivity index (χ0) is 8.43. The first-order chi connectivity index (χ1) is 5.11. The quantitative estimate of drug-likeness (QED) is 0.762. The minimum Gasteiger partial charge on any atom is -0.508 e. The van der Waals surface area contributed by atoms with E-state index in [1.165, 1.54) is 5.56 Å². The molecule has 0 fully saturated rings. The summed E-state index contributed by atoms with van der Waals surface area (Å²) in [7, 11) is 0. The van der Waals surface area contributed by atoms with Crippen LogP contribution in [0.5, 0.6) is 5.75 Å². The Morgan fingerprint density at radius 3 is 2.45 bits per heavy atom. The molecule has 0 saturated carbocycles. The van der Waals surface area contributed by atoms with Gasteiger partial charge in [-0.3, -0.25) is 0 Å². The van der Waals surface area contributed by atoms with E-state index in [1.807, 2.05) is 6.07 Å². The van der Waals surface area contributed by atoms with E-state index in [-0.39, 0.29) is 0 Å². The van der Waals surface area contributed by atoms with E-state index in [0.29, 0.717) is 11.7 Å². The Hall–Kier alpha value is -0.500. The second kappa shape index (κ2) is 3.26. The number of hydrogen-bond acceptors (Lipinski definition) is 1. The van der Waals surface area contributed by atoms with E-state index in [4.69, 9.17) is 5.11 Å². The Morgan fingerprint density at radius 2 is 2.00 bits per heavy atom. The van der Waals surface area contributed by atoms with Gasteiger partial charge >= 0.3 is 0 Å². The van der Waals surface area contributed by atoms with Crippen molar-refractivity contribution in [2.75, 3.05) is 0 Å². The summed E-state index contributed by atoms with van der Waals surface area (Å²) in [4.78, 5) is 0. The summed E-state index contributed by atoms with van der Waals surface area (Å²) in [6, 6.07) is 5.36. The number of hydrogen-bond donors (Lipinski definition) is 1. The zero-order valence-electron chi connectivity index (χ0n) is 6.63. The monoisotopic (exact) mass is 214 g/mol. The smallest absolute Gasteiger partial charge is 0.116 e. The average Bonchev–Trinajstić information content (AvgIpc) is 1.85. The topological polar surface area (TPSA) is 20.2 Å². The van der Waals surface area contributed by atoms with Gasteiger partial charge in [-0.15, -0.1) is 0 Å². The van der Waals surface area contributed by atoms with Crippen molar-refractivity contribution in [1.82, 2.24) is 0 Å². The lowest BCUT2D eigenvalue weighted by Crippen LogP contribution is -1.87. The molecule has 0 bridgehead atoms. The number of phenolic OH excluding ortho intramolecular Hbond substituents is 1. The molecule has 60 valence electrons. The van der Waals surface area contributed by atoms with Gasteiger partial charge in [0.05, 0.1) is 0 Å². The Labute approximate surface area is 75.2 Å². The third-order valence-corrected chi connectivity index (χ3v) is 2.29. The first kappa shape index (κ1) is 8.60. The molecular weight excluding hydrogens is 204 g/mol. The number of aromatic hydroxyl groups is 1. The highest BCUT2D eigenvalue weighted by atomic mass is 79.9. The van der Waals surface area contributed by atoms with Crippen LogP contribution in [0.15, 0.2) is 22.7 Å². The summed E-state index contributed by atoms with van der Waals surface area (Å²) in [6.45, 7) is 4.24. The maximum absolute atomic E-state index is 9.09. The third kappa shape index (κ3) is 1.96. The molecule has 0 aliphatic carbocycles. The number of rotatable bonds is 1. The van der Waals surface area contributed by atoms with Crippen LogP contribution in [0, 0.1) is 0 Å². The van der Waals surface area contributed by atoms with E-state index in [9.17, 15) is 0 Å². The average molecular weight is 215 g/mol. The Balaban J connectivity index is 3.09. The Morgan fingerprint density at radius 1 is 1.36 bits per heavy atom. The minimum atomic E-state index is 0.307. The fourth-order valence-electron chi connectivity index (χ4n) is 0.984. The summed E-state index contributed by atoms with van der Waals surface area (Å²) in [6.07, 6.45) is 0. The fourth-order valence-corrected chi connectivity index (χ4v) is 1.81. The molecule has 2 heteroatoms. The highest BCUT2D eigenvalue weighted by molar-refractivity contribution is 9.10. The van der Waals surface area contributed by atoms with Gasteiger partial charge < -0.3 is 5.11 Å². The van der Waals surface area contributed by atoms with Gasteiger partial charge in [0.1, 0.15) is 5.75 Å². The molecule has 0 heterocycles. The fraction of sp³-hybridized carbons (Fsp3) is 0.333. The molecule has 0 spiro atoms. The first-order valence-corrected chi connectivity index (χ1v) is 4.39. The van der Waals surface area contributed by atoms with Crippen molar-refractivity contribution in [3.8, 4) is 5.75 Å². The van der Waals surface area contributed by atoms with Gasteiger partial charge in [-0.1, -0.05) is 35.8 Å². The van der Waals surface area contributed by atoms with Crippen molar-refractivity contribution in [1.29, 1.82) is 0 Å². The van der Waals surface area contributed by atoms with Gasteiger partial charge in [0, 0.05) is 4.47 Å². The predicted molar refractivity (Wildman–Crippen MR) is 49.9 cm³/mol. The summed E-state index contributed by atoms with van der Waals surface area (Å²) >= 11 is 3.39. The third-order valence-electron chi connectivity index (χ3n) is 1.61. The van der Waals surface area contributed by atoms with Crippen molar-refractivity contribution in [2.45, 2.75) is 19.8 Å². The molecule has 0 aliphatic rings. The second-order valence-electron chi connectivity index (χ2n) is 2.86. The Bertz CT molecular complexity index is 256. The zero-order valence-corrected chi connectivity index (χ0v) is 8.22. The van der Waals surface area contributed by atoms with Crippen LogP contribution in [-0.4, -0.2) is 5.11 Å². The van der Waals surface area contributed by atoms with Crippen molar-refractivity contribution in [2.24, 2.45) is 0 Å². The van der Waals surface area contributed by atoms with Crippen LogP contribution in [0.2, 0.25) is 0 Å². The van der Waals surface area contributed by atoms with Crippen LogP contribution in [0.1, 0.15) is 25.3 Å². The highest BCUT2D eigenvalue weighted by Crippen LogP contribution is 2.27. The first-order valence-electron chi connectivity index (χ1n) is 3.59. The number of phenols is 1. The van der Waals surface area contributed by atoms with Gasteiger partial charge in [0.2, 0.25) is 0 Å². The summed E-state index contributed by atoms with van der Waals surface area (Å²) in [5, 5.41) is 9.09. The summed E-state index contributed by atoms with van der Waals surface area (Å²) in [5.74, 6) is 0.797. The van der Waals surface area contributed by atoms with E-state index >= 15 is 0 Å². The lowest BCUT2D eigenvalue weighted by Gasteiger charge is -2.07. The lowest BCUT2D eigenvalue weighted by molar-refractivity contribution is 0.474. The molecule has 0 amide bonds. The van der Waals surface area contributed by atoms with Crippen molar-refractivity contribution < 1.29 is 5.11 Å². The maximum atomic E-state index is 9.09. The Kier molecular flexibility index (Phi) is 2.55. The number of halogens is 1. The molecule has 1 aromatic carbocycles. The predicted octanol–water partition coefficient (Wildman–Crippen LogP) is 3.28. The molecular formula is C9H11BrO. The van der Waals surface area contributed by atoms with Crippen LogP contribution in [0.25, 0.3) is 0 Å². The molecule has 0 unspecified atom stereocenters. The molecule has 1 N–H and O–H groups in total. The largest absolute Gasteiger partial charge is 0.508 e. The van der Waals surface area contributed by atoms with Crippen LogP contribution in [0.4, 0.5) is 0 Å². The van der Waals surface area contributed by atoms with Gasteiger partial charge in [0.15, 0.2) is 0 Å². The van der Waals surface area contributed by atoms with Gasteiger partial charge in [-0.25, -0.2) is 0 Å². The number of benzene rings is 1. The van der Waals surface area contributed by atoms with Gasteiger partial charge in [0.25, 0.3) is 0 Å². The SMILES string of the molecule is CC(C)c1ccc(O)cc1Br. The molecule has 1 rings (SSSR count). The van der Waals surface area contributed by atoms with Crippen LogP contribution >= 0.6 is 15.9 Å². The van der Waals surface area contributed by atoms with Gasteiger partial charge in [-0.05, 0) is 23.6 Å². The molecule has 1 aromatic rings. The van der Waals surface area contributed by atoms with E-state index in [2.05, 4.69) is 29.8 Å². The van der Waals surface area contributed by atoms with Crippen LogP contribution in [-0.2, 0) is 0 Å². The summed E-state index contributed by atoms with van der Waals surface area (Å²) < 4.78 is 0.979. The molecule has 0 saturated heterocycles. The molecule has 0 aliphatic heterocycles.